The van der Waals surface area contributed by atoms with Crippen molar-refractivity contribution in [2.24, 2.45) is 0 Å². The molecule has 7 aromatic carbocycles. The summed E-state index contributed by atoms with van der Waals surface area (Å²) in [7, 11) is 0. The number of fused-ring (bicyclic) bond motifs is 9. The third-order valence-electron chi connectivity index (χ3n) is 16.7. The van der Waals surface area contributed by atoms with Crippen LogP contribution in [0.5, 0.6) is 0 Å². The number of rotatable bonds is 3. The Labute approximate surface area is 397 Å². The molecule has 1 aromatic heterocycles. The minimum absolute atomic E-state index is 0.0133. The van der Waals surface area contributed by atoms with E-state index in [0.717, 1.165) is 0 Å². The molecule has 330 valence electrons. The third kappa shape index (κ3) is 6.19. The minimum Gasteiger partial charge on any atom is -0.311 e. The Hall–Kier alpha value is -5.58. The van der Waals surface area contributed by atoms with Crippen molar-refractivity contribution in [3.63, 3.8) is 0 Å². The molecule has 0 atom stereocenters. The Morgan fingerprint density at radius 3 is 1.76 bits per heavy atom. The van der Waals surface area contributed by atoms with Crippen molar-refractivity contribution in [2.45, 2.75) is 129 Å². The monoisotopic (exact) mass is 878 g/mol. The molecule has 0 N–H and O–H groups in total. The number of hydrogen-bond acceptors (Lipinski definition) is 3. The van der Waals surface area contributed by atoms with Gasteiger partial charge in [-0.2, -0.15) is 0 Å². The fourth-order valence-electron chi connectivity index (χ4n) is 12.4. The lowest BCUT2D eigenvalue weighted by atomic mass is 9.33. The average molecular weight is 879 g/mol. The number of hydrogen-bond donors (Lipinski definition) is 0. The second kappa shape index (κ2) is 14.0. The molecule has 66 heavy (non-hydrogen) atoms. The zero-order valence-corrected chi connectivity index (χ0v) is 41.7. The Morgan fingerprint density at radius 2 is 1.08 bits per heavy atom. The van der Waals surface area contributed by atoms with Crippen LogP contribution in [0.25, 0.3) is 32.0 Å². The second-order valence-corrected chi connectivity index (χ2v) is 25.0. The van der Waals surface area contributed by atoms with Gasteiger partial charge in [-0.25, -0.2) is 0 Å². The minimum atomic E-state index is 0.0133. The Balaban J connectivity index is 1.25. The van der Waals surface area contributed by atoms with Gasteiger partial charge in [-0.15, -0.1) is 11.3 Å². The van der Waals surface area contributed by atoms with Crippen LogP contribution in [0, 0.1) is 0 Å². The SMILES string of the molecule is CC(C)(C)c1ccc2sc3c(c2c1)B1c2cc4c(cc2N(c2ccc5c(c2)C(C)(C)CCC5(C)C)c2cc(-c5ccc6ccccc6c5)cc(c21)N3c1ccccc1)C(C)(C)CCC4(C)C. The van der Waals surface area contributed by atoms with E-state index in [0.29, 0.717) is 0 Å². The Morgan fingerprint density at radius 1 is 0.470 bits per heavy atom. The zero-order valence-electron chi connectivity index (χ0n) is 40.9. The first-order valence-electron chi connectivity index (χ1n) is 24.5. The first-order valence-corrected chi connectivity index (χ1v) is 25.4. The first-order chi connectivity index (χ1) is 31.3. The molecule has 2 nitrogen and oxygen atoms in total. The van der Waals surface area contributed by atoms with Crippen LogP contribution in [0.1, 0.15) is 130 Å². The molecule has 0 fully saturated rings. The lowest BCUT2D eigenvalue weighted by Crippen LogP contribution is -2.61. The summed E-state index contributed by atoms with van der Waals surface area (Å²) in [5.74, 6) is 0. The van der Waals surface area contributed by atoms with Gasteiger partial charge in [0.05, 0.1) is 5.00 Å². The van der Waals surface area contributed by atoms with Crippen molar-refractivity contribution in [1.82, 2.24) is 0 Å². The van der Waals surface area contributed by atoms with Gasteiger partial charge in [-0.1, -0.05) is 155 Å². The van der Waals surface area contributed by atoms with E-state index in [4.69, 9.17) is 0 Å². The van der Waals surface area contributed by atoms with Gasteiger partial charge < -0.3 is 9.80 Å². The number of nitrogens with zero attached hydrogens (tertiary/aromatic N) is 2. The molecule has 3 heterocycles. The van der Waals surface area contributed by atoms with Crippen LogP contribution in [0.15, 0.2) is 133 Å². The standard InChI is InChI=1S/C62H63BN2S/c1-58(2,3)42-23-26-54-45(34-42)55-57(66-54)65(43-19-13-12-14-20-43)53-33-41(40-22-21-38-17-15-16-18-39(38)31-40)32-52-56(53)63(55)50-36-48-49(62(10,11)30-29-61(48,8)9)37-51(50)64(52)44-24-25-46-47(35-44)60(6,7)28-27-59(46,4)5/h12-26,31-37H,27-30H2,1-11H3. The Kier molecular flexibility index (Phi) is 8.86. The van der Waals surface area contributed by atoms with Crippen LogP contribution < -0.4 is 26.2 Å². The predicted octanol–water partition coefficient (Wildman–Crippen LogP) is 15.8. The molecule has 2 aliphatic carbocycles. The summed E-state index contributed by atoms with van der Waals surface area (Å²) >= 11 is 1.97. The maximum absolute atomic E-state index is 2.72. The highest BCUT2D eigenvalue weighted by atomic mass is 32.1. The molecule has 8 aromatic rings. The van der Waals surface area contributed by atoms with E-state index in [1.54, 1.807) is 0 Å². The Bertz CT molecular complexity index is 3320. The fourth-order valence-corrected chi connectivity index (χ4v) is 13.7. The molecule has 0 saturated heterocycles. The van der Waals surface area contributed by atoms with Crippen molar-refractivity contribution in [1.29, 1.82) is 0 Å². The normalized spacial score (nSPS) is 18.4. The van der Waals surface area contributed by atoms with E-state index >= 15 is 0 Å². The summed E-state index contributed by atoms with van der Waals surface area (Å²) in [6, 6.07) is 52.4. The van der Waals surface area contributed by atoms with E-state index in [9.17, 15) is 0 Å². The summed E-state index contributed by atoms with van der Waals surface area (Å²) in [5.41, 5.74) is 20.8. The molecule has 0 saturated carbocycles. The summed E-state index contributed by atoms with van der Waals surface area (Å²) in [4.78, 5) is 5.35. The summed E-state index contributed by atoms with van der Waals surface area (Å²) in [6.45, 7) is 26.9. The molecule has 0 amide bonds. The summed E-state index contributed by atoms with van der Waals surface area (Å²) in [6.07, 6.45) is 4.72. The van der Waals surface area contributed by atoms with Crippen LogP contribution >= 0.6 is 11.3 Å². The molecule has 4 aliphatic rings. The van der Waals surface area contributed by atoms with Crippen LogP contribution in [0.3, 0.4) is 0 Å². The van der Waals surface area contributed by atoms with Gasteiger partial charge in [-0.05, 0) is 179 Å². The summed E-state index contributed by atoms with van der Waals surface area (Å²) in [5, 5.41) is 5.24. The number of benzene rings is 7. The number of thiophene rings is 1. The highest BCUT2D eigenvalue weighted by molar-refractivity contribution is 7.26. The van der Waals surface area contributed by atoms with E-state index < -0.39 is 0 Å². The average Bonchev–Trinajstić information content (AvgIpc) is 3.67. The zero-order chi connectivity index (χ0) is 45.9. The van der Waals surface area contributed by atoms with Gasteiger partial charge in [0.1, 0.15) is 0 Å². The van der Waals surface area contributed by atoms with E-state index in [1.807, 2.05) is 11.3 Å². The van der Waals surface area contributed by atoms with Gasteiger partial charge in [0, 0.05) is 33.1 Å². The van der Waals surface area contributed by atoms with Gasteiger partial charge in [0.25, 0.3) is 6.71 Å². The van der Waals surface area contributed by atoms with Gasteiger partial charge in [-0.3, -0.25) is 0 Å². The maximum Gasteiger partial charge on any atom is 0.254 e. The fraction of sp³-hybridized carbons (Fsp3) is 0.323. The van der Waals surface area contributed by atoms with Crippen LogP contribution in [0.2, 0.25) is 0 Å². The predicted molar refractivity (Wildman–Crippen MR) is 288 cm³/mol. The molecular weight excluding hydrogens is 816 g/mol. The smallest absolute Gasteiger partial charge is 0.254 e. The van der Waals surface area contributed by atoms with Crippen molar-refractivity contribution < 1.29 is 0 Å². The van der Waals surface area contributed by atoms with Gasteiger partial charge >= 0.3 is 0 Å². The molecular formula is C62H63BN2S. The highest BCUT2D eigenvalue weighted by Gasteiger charge is 2.48. The molecule has 0 spiro atoms. The second-order valence-electron chi connectivity index (χ2n) is 23.9. The highest BCUT2D eigenvalue weighted by Crippen LogP contribution is 2.54. The number of para-hydroxylation sites is 1. The molecule has 0 bridgehead atoms. The number of anilines is 6. The third-order valence-corrected chi connectivity index (χ3v) is 17.9. The van der Waals surface area contributed by atoms with Crippen LogP contribution in [-0.2, 0) is 27.1 Å². The molecule has 0 unspecified atom stereocenters. The van der Waals surface area contributed by atoms with Gasteiger partial charge in [0.15, 0.2) is 0 Å². The van der Waals surface area contributed by atoms with Crippen LogP contribution in [0.4, 0.5) is 33.4 Å². The van der Waals surface area contributed by atoms with Crippen molar-refractivity contribution >= 4 is 88.7 Å². The quantitative estimate of drug-likeness (QED) is 0.163. The molecule has 0 radical (unpaired) electrons. The van der Waals surface area contributed by atoms with Crippen molar-refractivity contribution in [3.8, 4) is 11.1 Å². The van der Waals surface area contributed by atoms with Crippen molar-refractivity contribution in [2.75, 3.05) is 9.80 Å². The van der Waals surface area contributed by atoms with E-state index in [2.05, 4.69) is 219 Å². The van der Waals surface area contributed by atoms with E-state index in [-0.39, 0.29) is 33.8 Å². The largest absolute Gasteiger partial charge is 0.311 e. The van der Waals surface area contributed by atoms with Crippen LogP contribution in [-0.4, -0.2) is 6.71 Å². The maximum atomic E-state index is 2.72. The molecule has 4 heteroatoms. The lowest BCUT2D eigenvalue weighted by Gasteiger charge is -2.47. The lowest BCUT2D eigenvalue weighted by molar-refractivity contribution is 0.332. The first kappa shape index (κ1) is 41.8. The summed E-state index contributed by atoms with van der Waals surface area (Å²) < 4.78 is 1.35. The van der Waals surface area contributed by atoms with Gasteiger partial charge in [0.2, 0.25) is 0 Å². The molecule has 12 rings (SSSR count). The topological polar surface area (TPSA) is 6.48 Å². The van der Waals surface area contributed by atoms with Crippen molar-refractivity contribution in [3.05, 3.63) is 161 Å². The van der Waals surface area contributed by atoms with E-state index in [1.165, 1.54) is 135 Å². The molecule has 2 aliphatic heterocycles.